The highest BCUT2D eigenvalue weighted by molar-refractivity contribution is 5.85. The number of hydrogen-bond acceptors (Lipinski definition) is 2. The third kappa shape index (κ3) is 1.36. The van der Waals surface area contributed by atoms with Gasteiger partial charge in [-0.2, -0.15) is 4.89 Å². The number of hydrogen-bond donors (Lipinski definition) is 0. The van der Waals surface area contributed by atoms with Crippen LogP contribution in [0.2, 0.25) is 0 Å². The van der Waals surface area contributed by atoms with Crippen molar-refractivity contribution in [3.8, 4) is 5.75 Å². The van der Waals surface area contributed by atoms with E-state index in [-0.39, 0.29) is 0 Å². The number of benzene rings is 1. The Hall–Kier alpha value is -1.48. The number of aryl methyl sites for hydroxylation is 2. The van der Waals surface area contributed by atoms with E-state index in [4.69, 9.17) is 4.89 Å². The van der Waals surface area contributed by atoms with Crippen molar-refractivity contribution in [3.63, 3.8) is 0 Å². The molecule has 0 bridgehead atoms. The van der Waals surface area contributed by atoms with Crippen molar-refractivity contribution >= 4 is 10.9 Å². The van der Waals surface area contributed by atoms with E-state index < -0.39 is 0 Å². The Labute approximate surface area is 82.8 Å². The number of aromatic nitrogens is 1. The van der Waals surface area contributed by atoms with Crippen molar-refractivity contribution in [1.29, 1.82) is 0 Å². The maximum absolute atomic E-state index is 4.97. The molecule has 1 aromatic carbocycles. The van der Waals surface area contributed by atoms with Gasteiger partial charge in [-0.05, 0) is 30.7 Å². The lowest BCUT2D eigenvalue weighted by molar-refractivity contribution is -0.178. The predicted molar refractivity (Wildman–Crippen MR) is 55.3 cm³/mol. The standard InChI is InChI=1S/C11H13NO2/c1-8-7-12(2)11-5-4-9(14-13-3)6-10(8)11/h4-7H,1-3H3. The third-order valence-electron chi connectivity index (χ3n) is 2.34. The minimum absolute atomic E-state index is 0.731. The second kappa shape index (κ2) is 3.35. The summed E-state index contributed by atoms with van der Waals surface area (Å²) in [6.07, 6.45) is 2.10. The first-order chi connectivity index (χ1) is 6.72. The minimum atomic E-state index is 0.731. The van der Waals surface area contributed by atoms with E-state index in [1.165, 1.54) is 23.6 Å². The summed E-state index contributed by atoms with van der Waals surface area (Å²) in [4.78, 5) is 9.59. The summed E-state index contributed by atoms with van der Waals surface area (Å²) >= 11 is 0. The SMILES string of the molecule is COOc1ccc2c(c1)c(C)cn2C. The zero-order chi connectivity index (χ0) is 10.1. The van der Waals surface area contributed by atoms with Gasteiger partial charge in [0.05, 0.1) is 7.11 Å². The number of rotatable bonds is 2. The highest BCUT2D eigenvalue weighted by atomic mass is 17.2. The molecule has 3 heteroatoms. The molecule has 0 aliphatic heterocycles. The lowest BCUT2D eigenvalue weighted by Gasteiger charge is -2.01. The van der Waals surface area contributed by atoms with Crippen LogP contribution in [0, 0.1) is 6.92 Å². The zero-order valence-electron chi connectivity index (χ0n) is 8.57. The molecule has 2 rings (SSSR count). The summed E-state index contributed by atoms with van der Waals surface area (Å²) in [6, 6.07) is 5.90. The van der Waals surface area contributed by atoms with Crippen molar-refractivity contribution in [2.24, 2.45) is 7.05 Å². The second-order valence-corrected chi connectivity index (χ2v) is 3.35. The summed E-state index contributed by atoms with van der Waals surface area (Å²) in [6.45, 7) is 2.08. The van der Waals surface area contributed by atoms with Crippen molar-refractivity contribution < 1.29 is 9.78 Å². The van der Waals surface area contributed by atoms with Crippen molar-refractivity contribution in [2.75, 3.05) is 7.11 Å². The molecule has 1 heterocycles. The van der Waals surface area contributed by atoms with Crippen LogP contribution >= 0.6 is 0 Å². The zero-order valence-corrected chi connectivity index (χ0v) is 8.57. The fraction of sp³-hybridized carbons (Fsp3) is 0.273. The van der Waals surface area contributed by atoms with Crippen LogP contribution < -0.4 is 4.89 Å². The van der Waals surface area contributed by atoms with Gasteiger partial charge in [0.25, 0.3) is 0 Å². The summed E-state index contributed by atoms with van der Waals surface area (Å²) in [7, 11) is 3.54. The van der Waals surface area contributed by atoms with Gasteiger partial charge in [0.1, 0.15) is 0 Å². The molecule has 0 aliphatic carbocycles. The second-order valence-electron chi connectivity index (χ2n) is 3.35. The largest absolute Gasteiger partial charge is 0.350 e. The minimum Gasteiger partial charge on any atom is -0.350 e. The highest BCUT2D eigenvalue weighted by Gasteiger charge is 2.04. The Balaban J connectivity index is 2.59. The fourth-order valence-electron chi connectivity index (χ4n) is 1.72. The average Bonchev–Trinajstić information content (AvgIpc) is 2.43. The van der Waals surface area contributed by atoms with Gasteiger partial charge in [-0.25, -0.2) is 0 Å². The predicted octanol–water partition coefficient (Wildman–Crippen LogP) is 2.43. The van der Waals surface area contributed by atoms with E-state index in [0.29, 0.717) is 0 Å². The van der Waals surface area contributed by atoms with E-state index in [1.54, 1.807) is 0 Å². The van der Waals surface area contributed by atoms with Crippen LogP contribution in [0.1, 0.15) is 5.56 Å². The van der Waals surface area contributed by atoms with E-state index >= 15 is 0 Å². The molecule has 0 aliphatic rings. The lowest BCUT2D eigenvalue weighted by Crippen LogP contribution is -1.90. The van der Waals surface area contributed by atoms with Gasteiger partial charge in [-0.15, -0.1) is 0 Å². The quantitative estimate of drug-likeness (QED) is 0.537. The molecule has 2 aromatic rings. The van der Waals surface area contributed by atoms with Crippen LogP contribution in [0.4, 0.5) is 0 Å². The van der Waals surface area contributed by atoms with E-state index in [1.807, 2.05) is 25.2 Å². The van der Waals surface area contributed by atoms with Gasteiger partial charge in [0.15, 0.2) is 5.75 Å². The molecule has 14 heavy (non-hydrogen) atoms. The smallest absolute Gasteiger partial charge is 0.166 e. The summed E-state index contributed by atoms with van der Waals surface area (Å²) in [5.74, 6) is 0.731. The average molecular weight is 191 g/mol. The number of fused-ring (bicyclic) bond motifs is 1. The first kappa shape index (κ1) is 9.09. The Kier molecular flexibility index (Phi) is 2.17. The van der Waals surface area contributed by atoms with Gasteiger partial charge in [0.2, 0.25) is 0 Å². The van der Waals surface area contributed by atoms with Crippen LogP contribution in [-0.2, 0) is 11.9 Å². The molecule has 1 aromatic heterocycles. The molecule has 0 fully saturated rings. The summed E-state index contributed by atoms with van der Waals surface area (Å²) in [5.41, 5.74) is 2.44. The highest BCUT2D eigenvalue weighted by Crippen LogP contribution is 2.24. The fourth-order valence-corrected chi connectivity index (χ4v) is 1.72. The van der Waals surface area contributed by atoms with Gasteiger partial charge in [-0.1, -0.05) is 0 Å². The Morgan fingerprint density at radius 2 is 2.07 bits per heavy atom. The molecular formula is C11H13NO2. The van der Waals surface area contributed by atoms with Crippen LogP contribution in [0.5, 0.6) is 5.75 Å². The van der Waals surface area contributed by atoms with Gasteiger partial charge in [0, 0.05) is 24.1 Å². The maximum atomic E-state index is 4.97. The Morgan fingerprint density at radius 3 is 2.79 bits per heavy atom. The first-order valence-electron chi connectivity index (χ1n) is 4.48. The molecule has 0 radical (unpaired) electrons. The number of nitrogens with zero attached hydrogens (tertiary/aromatic N) is 1. The maximum Gasteiger partial charge on any atom is 0.166 e. The van der Waals surface area contributed by atoms with Gasteiger partial charge < -0.3 is 9.45 Å². The van der Waals surface area contributed by atoms with Crippen molar-refractivity contribution in [1.82, 2.24) is 4.57 Å². The van der Waals surface area contributed by atoms with Crippen LogP contribution in [0.15, 0.2) is 24.4 Å². The summed E-state index contributed by atoms with van der Waals surface area (Å²) < 4.78 is 2.10. The molecule has 74 valence electrons. The van der Waals surface area contributed by atoms with E-state index in [0.717, 1.165) is 5.75 Å². The lowest BCUT2D eigenvalue weighted by atomic mass is 10.2. The molecule has 3 nitrogen and oxygen atoms in total. The molecule has 0 unspecified atom stereocenters. The van der Waals surface area contributed by atoms with Crippen LogP contribution in [-0.4, -0.2) is 11.7 Å². The van der Waals surface area contributed by atoms with Crippen LogP contribution in [0.25, 0.3) is 10.9 Å². The van der Waals surface area contributed by atoms with E-state index in [9.17, 15) is 0 Å². The van der Waals surface area contributed by atoms with Gasteiger partial charge in [-0.3, -0.25) is 0 Å². The van der Waals surface area contributed by atoms with Crippen molar-refractivity contribution in [3.05, 3.63) is 30.0 Å². The topological polar surface area (TPSA) is 23.4 Å². The summed E-state index contributed by atoms with van der Waals surface area (Å²) in [5, 5.41) is 1.20. The van der Waals surface area contributed by atoms with Gasteiger partial charge >= 0.3 is 0 Å². The first-order valence-corrected chi connectivity index (χ1v) is 4.48. The molecule has 0 saturated carbocycles. The van der Waals surface area contributed by atoms with Crippen LogP contribution in [0.3, 0.4) is 0 Å². The Morgan fingerprint density at radius 1 is 1.29 bits per heavy atom. The molecule has 0 amide bonds. The molecule has 0 spiro atoms. The molecule has 0 N–H and O–H groups in total. The monoisotopic (exact) mass is 191 g/mol. The third-order valence-corrected chi connectivity index (χ3v) is 2.34. The normalized spacial score (nSPS) is 10.8. The molecular weight excluding hydrogens is 178 g/mol. The Bertz CT molecular complexity index is 460. The molecule has 0 atom stereocenters. The molecule has 0 saturated heterocycles. The van der Waals surface area contributed by atoms with E-state index in [2.05, 4.69) is 22.6 Å². The van der Waals surface area contributed by atoms with Crippen molar-refractivity contribution in [2.45, 2.75) is 6.92 Å².